The summed E-state index contributed by atoms with van der Waals surface area (Å²) in [6, 6.07) is 18.0. The lowest BCUT2D eigenvalue weighted by Gasteiger charge is -2.17. The quantitative estimate of drug-likeness (QED) is 0.0697. The zero-order valence-electron chi connectivity index (χ0n) is 33.5. The highest BCUT2D eigenvalue weighted by Crippen LogP contribution is 2.37. The zero-order valence-corrected chi connectivity index (χ0v) is 36.5. The first-order valence-corrected chi connectivity index (χ1v) is 20.3. The number of para-hydroxylation sites is 2. The Morgan fingerprint density at radius 2 is 1.25 bits per heavy atom. The van der Waals surface area contributed by atoms with Crippen LogP contribution in [0.15, 0.2) is 89.0 Å². The first-order chi connectivity index (χ1) is 29.1. The molecule has 0 saturated heterocycles. The van der Waals surface area contributed by atoms with Crippen LogP contribution >= 0.6 is 46.4 Å². The van der Waals surface area contributed by atoms with E-state index in [1.54, 1.807) is 48.0 Å². The molecule has 1 atom stereocenters. The third kappa shape index (κ3) is 8.10. The lowest BCUT2D eigenvalue weighted by atomic mass is 10.0. The number of halogens is 4. The summed E-state index contributed by atoms with van der Waals surface area (Å²) in [4.78, 5) is 52.6. The molecule has 13 nitrogen and oxygen atoms in total. The van der Waals surface area contributed by atoms with Crippen molar-refractivity contribution < 1.29 is 9.53 Å². The standard InChI is InChI=1S/C23H20Cl2N4O3.C21H19Cl2N5O/c1-5-17(32-12(3)30)19-11(2)13-9-10-16-21(18(13)22(31)27-19)29(4)23(26-16)28-20-14(24)7-6-8-15(20)25;1-11-12-8-9-16-19(17(12)20(29)25-15(11)7-4-10-24)28(2)21(26-16)27-18-13(22)5-3-6-14(18)23/h5-10,17H,1H2,2-4H3,(H,26,28)(H,27,31);3-9H,10,24H2,1-2H3,(H,25,29)(H,26,27)/b;7-4+. The Hall–Kier alpha value is -6.09. The number of nitrogens with two attached hydrogens (primary N) is 1. The molecule has 0 aliphatic heterocycles. The lowest BCUT2D eigenvalue weighted by Crippen LogP contribution is -2.17. The minimum atomic E-state index is -0.758. The van der Waals surface area contributed by atoms with Gasteiger partial charge in [0.15, 0.2) is 6.10 Å². The number of carbonyl (C=O) groups is 1. The fourth-order valence-corrected chi connectivity index (χ4v) is 8.25. The van der Waals surface area contributed by atoms with Gasteiger partial charge in [-0.15, -0.1) is 0 Å². The number of aromatic amines is 2. The van der Waals surface area contributed by atoms with Crippen LogP contribution in [0.5, 0.6) is 0 Å². The fraction of sp³-hybridized carbons (Fsp3) is 0.159. The maximum atomic E-state index is 13.2. The molecular formula is C44H39Cl4N9O4. The number of aromatic nitrogens is 6. The number of H-pyrrole nitrogens is 2. The molecule has 0 bridgehead atoms. The third-order valence-electron chi connectivity index (χ3n) is 10.3. The Balaban J connectivity index is 0.000000185. The molecule has 0 saturated carbocycles. The lowest BCUT2D eigenvalue weighted by molar-refractivity contribution is -0.144. The second-order valence-electron chi connectivity index (χ2n) is 14.0. The van der Waals surface area contributed by atoms with E-state index in [0.717, 1.165) is 33.1 Å². The normalized spacial score (nSPS) is 12.0. The molecule has 8 aromatic rings. The van der Waals surface area contributed by atoms with E-state index in [1.807, 2.05) is 61.9 Å². The second-order valence-corrected chi connectivity index (χ2v) is 15.7. The Labute approximate surface area is 368 Å². The van der Waals surface area contributed by atoms with Gasteiger partial charge in [0.2, 0.25) is 11.9 Å². The summed E-state index contributed by atoms with van der Waals surface area (Å²) < 4.78 is 8.91. The number of anilines is 4. The number of rotatable bonds is 9. The number of carbonyl (C=O) groups excluding carboxylic acids is 1. The molecule has 61 heavy (non-hydrogen) atoms. The molecule has 312 valence electrons. The third-order valence-corrected chi connectivity index (χ3v) is 11.5. The first-order valence-electron chi connectivity index (χ1n) is 18.8. The minimum Gasteiger partial charge on any atom is -0.452 e. The molecule has 8 rings (SSSR count). The summed E-state index contributed by atoms with van der Waals surface area (Å²) in [6.07, 6.45) is 4.35. The van der Waals surface area contributed by atoms with Crippen molar-refractivity contribution in [2.45, 2.75) is 26.9 Å². The van der Waals surface area contributed by atoms with Gasteiger partial charge < -0.3 is 40.2 Å². The average Bonchev–Trinajstić information content (AvgIpc) is 3.72. The van der Waals surface area contributed by atoms with E-state index < -0.39 is 12.1 Å². The van der Waals surface area contributed by atoms with Crippen molar-refractivity contribution in [2.75, 3.05) is 17.2 Å². The molecular weight excluding hydrogens is 860 g/mol. The summed E-state index contributed by atoms with van der Waals surface area (Å²) in [6.45, 7) is 9.26. The molecule has 0 fully saturated rings. The van der Waals surface area contributed by atoms with Gasteiger partial charge in [0, 0.05) is 33.3 Å². The van der Waals surface area contributed by atoms with Gasteiger partial charge in [-0.1, -0.05) is 83.3 Å². The number of hydrogen-bond acceptors (Lipinski definition) is 9. The SMILES string of the molecule is C=CC(OC(C)=O)c1[nH]c(=O)c2c(ccc3nc(Nc4c(Cl)cccc4Cl)n(C)c32)c1C.Cc1c(/C=C/CN)[nH]c(=O)c2c1ccc1nc(Nc3c(Cl)cccc3Cl)n(C)c12. The van der Waals surface area contributed by atoms with Crippen molar-refractivity contribution in [1.29, 1.82) is 0 Å². The predicted octanol–water partition coefficient (Wildman–Crippen LogP) is 10.3. The van der Waals surface area contributed by atoms with E-state index in [9.17, 15) is 14.4 Å². The van der Waals surface area contributed by atoms with Crippen LogP contribution in [0.1, 0.15) is 35.5 Å². The maximum absolute atomic E-state index is 13.2. The number of nitrogens with zero attached hydrogens (tertiary/aromatic N) is 4. The van der Waals surface area contributed by atoms with Gasteiger partial charge in [-0.3, -0.25) is 14.4 Å². The highest BCUT2D eigenvalue weighted by Gasteiger charge is 2.22. The maximum Gasteiger partial charge on any atom is 0.303 e. The smallest absolute Gasteiger partial charge is 0.303 e. The van der Waals surface area contributed by atoms with Crippen molar-refractivity contribution in [3.63, 3.8) is 0 Å². The van der Waals surface area contributed by atoms with Gasteiger partial charge in [-0.25, -0.2) is 9.97 Å². The number of esters is 1. The van der Waals surface area contributed by atoms with Crippen LogP contribution in [0.4, 0.5) is 23.3 Å². The van der Waals surface area contributed by atoms with Crippen molar-refractivity contribution in [3.05, 3.63) is 143 Å². The number of benzene rings is 4. The van der Waals surface area contributed by atoms with Crippen LogP contribution in [0.25, 0.3) is 49.7 Å². The van der Waals surface area contributed by atoms with Crippen LogP contribution in [0, 0.1) is 13.8 Å². The fourth-order valence-electron chi connectivity index (χ4n) is 7.26. The molecule has 0 aliphatic carbocycles. The Morgan fingerprint density at radius 1 is 0.787 bits per heavy atom. The average molecular weight is 900 g/mol. The Morgan fingerprint density at radius 3 is 1.69 bits per heavy atom. The number of pyridine rings is 2. The Kier molecular flexibility index (Phi) is 12.3. The molecule has 4 aromatic carbocycles. The van der Waals surface area contributed by atoms with Crippen LogP contribution in [-0.4, -0.2) is 41.6 Å². The number of nitrogens with one attached hydrogen (secondary N) is 4. The Bertz CT molecular complexity index is 3180. The van der Waals surface area contributed by atoms with Gasteiger partial charge in [0.05, 0.1) is 70.0 Å². The number of fused-ring (bicyclic) bond motifs is 6. The van der Waals surface area contributed by atoms with Crippen LogP contribution in [0.2, 0.25) is 20.1 Å². The van der Waals surface area contributed by atoms with Crippen LogP contribution in [-0.2, 0) is 23.6 Å². The molecule has 4 aromatic heterocycles. The van der Waals surface area contributed by atoms with Crippen molar-refractivity contribution in [3.8, 4) is 0 Å². The number of hydrogen-bond donors (Lipinski definition) is 5. The molecule has 0 spiro atoms. The van der Waals surface area contributed by atoms with Gasteiger partial charge in [0.25, 0.3) is 11.1 Å². The van der Waals surface area contributed by atoms with Gasteiger partial charge in [-0.2, -0.15) is 0 Å². The van der Waals surface area contributed by atoms with Crippen molar-refractivity contribution in [1.82, 2.24) is 29.1 Å². The summed E-state index contributed by atoms with van der Waals surface area (Å²) >= 11 is 25.1. The monoisotopic (exact) mass is 897 g/mol. The largest absolute Gasteiger partial charge is 0.452 e. The summed E-state index contributed by atoms with van der Waals surface area (Å²) in [5, 5.41) is 10.9. The van der Waals surface area contributed by atoms with E-state index >= 15 is 0 Å². The summed E-state index contributed by atoms with van der Waals surface area (Å²) in [5.74, 6) is 0.547. The molecule has 4 heterocycles. The summed E-state index contributed by atoms with van der Waals surface area (Å²) in [7, 11) is 3.65. The van der Waals surface area contributed by atoms with Crippen LogP contribution < -0.4 is 27.5 Å². The highest BCUT2D eigenvalue weighted by atomic mass is 35.5. The topological polar surface area (TPSA) is 178 Å². The van der Waals surface area contributed by atoms with E-state index in [4.69, 9.17) is 56.9 Å². The molecule has 17 heteroatoms. The minimum absolute atomic E-state index is 0.182. The molecule has 0 amide bonds. The van der Waals surface area contributed by atoms with Gasteiger partial charge >= 0.3 is 5.97 Å². The molecule has 6 N–H and O–H groups in total. The van der Waals surface area contributed by atoms with E-state index in [1.165, 1.54) is 13.0 Å². The highest BCUT2D eigenvalue weighted by molar-refractivity contribution is 6.40. The van der Waals surface area contributed by atoms with Crippen molar-refractivity contribution >= 4 is 125 Å². The van der Waals surface area contributed by atoms with Crippen LogP contribution in [0.3, 0.4) is 0 Å². The van der Waals surface area contributed by atoms with Crippen molar-refractivity contribution in [2.24, 2.45) is 19.8 Å². The second kappa shape index (κ2) is 17.5. The number of aryl methyl sites for hydroxylation is 4. The first kappa shape index (κ1) is 43.0. The van der Waals surface area contributed by atoms with E-state index in [2.05, 4.69) is 37.1 Å². The molecule has 0 aliphatic rings. The molecule has 1 unspecified atom stereocenters. The van der Waals surface area contributed by atoms with Gasteiger partial charge in [0.1, 0.15) is 0 Å². The predicted molar refractivity (Wildman–Crippen MR) is 249 cm³/mol. The summed E-state index contributed by atoms with van der Waals surface area (Å²) in [5.41, 5.74) is 11.8. The van der Waals surface area contributed by atoms with Gasteiger partial charge in [-0.05, 0) is 84.3 Å². The van der Waals surface area contributed by atoms with E-state index in [-0.39, 0.29) is 11.1 Å². The van der Waals surface area contributed by atoms with E-state index in [0.29, 0.717) is 82.9 Å². The molecule has 0 radical (unpaired) electrons. The number of imidazole rings is 2. The zero-order chi connectivity index (χ0) is 43.9. The number of ether oxygens (including phenoxy) is 1.